The summed E-state index contributed by atoms with van der Waals surface area (Å²) in [6.07, 6.45) is 2.17. The highest BCUT2D eigenvalue weighted by Gasteiger charge is 2.29. The second kappa shape index (κ2) is 7.14. The van der Waals surface area contributed by atoms with Crippen molar-refractivity contribution in [2.45, 2.75) is 38.6 Å². The van der Waals surface area contributed by atoms with E-state index in [0.717, 1.165) is 24.1 Å². The van der Waals surface area contributed by atoms with E-state index in [-0.39, 0.29) is 11.9 Å². The number of methoxy groups -OCH3 is 2. The first-order valence-corrected chi connectivity index (χ1v) is 9.31. The van der Waals surface area contributed by atoms with Gasteiger partial charge in [-0.3, -0.25) is 4.79 Å². The third kappa shape index (κ3) is 3.28. The number of aromatic nitrogens is 2. The predicted molar refractivity (Wildman–Crippen MR) is 104 cm³/mol. The number of rotatable bonds is 6. The number of amides is 1. The van der Waals surface area contributed by atoms with E-state index in [1.165, 1.54) is 0 Å². The smallest absolute Gasteiger partial charge is 0.259 e. The van der Waals surface area contributed by atoms with Gasteiger partial charge in [-0.2, -0.15) is 0 Å². The molecule has 3 aromatic rings. The number of nitrogens with zero attached hydrogens (tertiary/aromatic N) is 2. The van der Waals surface area contributed by atoms with Crippen LogP contribution in [0.25, 0.3) is 11.1 Å². The van der Waals surface area contributed by atoms with E-state index in [4.69, 9.17) is 14.0 Å². The van der Waals surface area contributed by atoms with E-state index < -0.39 is 0 Å². The first-order valence-electron chi connectivity index (χ1n) is 9.31. The van der Waals surface area contributed by atoms with Crippen molar-refractivity contribution in [1.29, 1.82) is 0 Å². The Hall–Kier alpha value is -3.09. The molecule has 1 amide bonds. The van der Waals surface area contributed by atoms with E-state index >= 15 is 0 Å². The summed E-state index contributed by atoms with van der Waals surface area (Å²) in [6.45, 7) is 3.73. The molecule has 1 N–H and O–H groups in total. The fourth-order valence-electron chi connectivity index (χ4n) is 3.41. The fraction of sp³-hybridized carbons (Fsp3) is 0.381. The van der Waals surface area contributed by atoms with Crippen molar-refractivity contribution in [1.82, 2.24) is 15.5 Å². The lowest BCUT2D eigenvalue weighted by Gasteiger charge is -2.18. The van der Waals surface area contributed by atoms with Crippen molar-refractivity contribution < 1.29 is 18.8 Å². The molecule has 28 heavy (non-hydrogen) atoms. The Morgan fingerprint density at radius 2 is 2.04 bits per heavy atom. The molecule has 1 aliphatic carbocycles. The first-order chi connectivity index (χ1) is 13.5. The van der Waals surface area contributed by atoms with E-state index in [9.17, 15) is 4.79 Å². The van der Waals surface area contributed by atoms with E-state index in [2.05, 4.69) is 15.5 Å². The van der Waals surface area contributed by atoms with Crippen LogP contribution in [-0.2, 0) is 0 Å². The monoisotopic (exact) mass is 381 g/mol. The quantitative estimate of drug-likeness (QED) is 0.696. The summed E-state index contributed by atoms with van der Waals surface area (Å²) in [4.78, 5) is 17.7. The summed E-state index contributed by atoms with van der Waals surface area (Å²) in [5.74, 6) is 1.60. The van der Waals surface area contributed by atoms with Crippen molar-refractivity contribution in [3.63, 3.8) is 0 Å². The Balaban J connectivity index is 1.68. The second-order valence-corrected chi connectivity index (χ2v) is 7.12. The normalized spacial score (nSPS) is 14.7. The number of aryl methyl sites for hydroxylation is 1. The molecule has 1 saturated carbocycles. The third-order valence-corrected chi connectivity index (χ3v) is 5.13. The Morgan fingerprint density at radius 3 is 2.71 bits per heavy atom. The topological polar surface area (TPSA) is 86.5 Å². The Bertz CT molecular complexity index is 1040. The molecule has 146 valence electrons. The van der Waals surface area contributed by atoms with Crippen LogP contribution in [0.1, 0.15) is 59.0 Å². The predicted octanol–water partition coefficient (Wildman–Crippen LogP) is 3.92. The molecule has 0 bridgehead atoms. The number of carbonyl (C=O) groups excluding carboxylic acids is 1. The van der Waals surface area contributed by atoms with Crippen molar-refractivity contribution in [3.05, 3.63) is 46.8 Å². The minimum absolute atomic E-state index is 0.196. The Labute approximate surface area is 163 Å². The maximum atomic E-state index is 13.2. The van der Waals surface area contributed by atoms with Gasteiger partial charge in [-0.25, -0.2) is 4.98 Å². The Kier molecular flexibility index (Phi) is 4.66. The number of pyridine rings is 1. The summed E-state index contributed by atoms with van der Waals surface area (Å²) in [5, 5.41) is 7.71. The molecule has 0 spiro atoms. The number of hydrogen-bond donors (Lipinski definition) is 1. The highest BCUT2D eigenvalue weighted by Crippen LogP contribution is 2.40. The third-order valence-electron chi connectivity index (χ3n) is 5.13. The van der Waals surface area contributed by atoms with Crippen LogP contribution in [0.15, 0.2) is 28.8 Å². The molecule has 1 aromatic carbocycles. The summed E-state index contributed by atoms with van der Waals surface area (Å²) in [7, 11) is 3.21. The van der Waals surface area contributed by atoms with Gasteiger partial charge in [-0.05, 0) is 51.0 Å². The molecule has 0 saturated heterocycles. The molecule has 2 aromatic heterocycles. The lowest BCUT2D eigenvalue weighted by Crippen LogP contribution is -2.27. The van der Waals surface area contributed by atoms with Crippen LogP contribution in [0.4, 0.5) is 0 Å². The van der Waals surface area contributed by atoms with Gasteiger partial charge in [0.25, 0.3) is 11.6 Å². The number of nitrogens with one attached hydrogen (secondary N) is 1. The summed E-state index contributed by atoms with van der Waals surface area (Å²) < 4.78 is 16.1. The molecule has 0 aliphatic heterocycles. The average Bonchev–Trinajstić information content (AvgIpc) is 3.50. The summed E-state index contributed by atoms with van der Waals surface area (Å²) >= 11 is 0. The van der Waals surface area contributed by atoms with Crippen LogP contribution in [0.5, 0.6) is 11.5 Å². The molecule has 2 heterocycles. The number of carbonyl (C=O) groups is 1. The zero-order valence-corrected chi connectivity index (χ0v) is 16.4. The van der Waals surface area contributed by atoms with Gasteiger partial charge in [0.05, 0.1) is 36.9 Å². The van der Waals surface area contributed by atoms with Crippen LogP contribution in [-0.4, -0.2) is 30.3 Å². The van der Waals surface area contributed by atoms with Crippen LogP contribution in [0.2, 0.25) is 0 Å². The van der Waals surface area contributed by atoms with Crippen molar-refractivity contribution in [2.24, 2.45) is 0 Å². The molecule has 1 fully saturated rings. The molecule has 4 rings (SSSR count). The van der Waals surface area contributed by atoms with E-state index in [1.54, 1.807) is 14.2 Å². The first kappa shape index (κ1) is 18.3. The van der Waals surface area contributed by atoms with Gasteiger partial charge in [0.1, 0.15) is 11.5 Å². The molecule has 1 aliphatic rings. The van der Waals surface area contributed by atoms with E-state index in [0.29, 0.717) is 39.8 Å². The summed E-state index contributed by atoms with van der Waals surface area (Å²) in [5.41, 5.74) is 3.34. The maximum Gasteiger partial charge on any atom is 0.259 e. The van der Waals surface area contributed by atoms with Gasteiger partial charge < -0.3 is 19.3 Å². The van der Waals surface area contributed by atoms with Crippen LogP contribution < -0.4 is 14.8 Å². The van der Waals surface area contributed by atoms with Crippen LogP contribution in [0, 0.1) is 6.92 Å². The van der Waals surface area contributed by atoms with Crippen molar-refractivity contribution in [3.8, 4) is 11.5 Å². The van der Waals surface area contributed by atoms with Crippen LogP contribution in [0.3, 0.4) is 0 Å². The summed E-state index contributed by atoms with van der Waals surface area (Å²) in [6, 6.07) is 7.11. The molecule has 7 heteroatoms. The fourth-order valence-corrected chi connectivity index (χ4v) is 3.41. The maximum absolute atomic E-state index is 13.2. The standard InChI is InChI=1S/C21H23N3O4/c1-11(15-9-14(26-3)7-8-18(15)27-4)22-20(25)16-10-17(13-5-6-13)23-21-19(16)12(2)24-28-21/h7-11,13H,5-6H2,1-4H3,(H,22,25). The molecule has 1 unspecified atom stereocenters. The van der Waals surface area contributed by atoms with Crippen molar-refractivity contribution >= 4 is 17.0 Å². The number of ether oxygens (including phenoxy) is 2. The van der Waals surface area contributed by atoms with Gasteiger partial charge in [0.15, 0.2) is 0 Å². The lowest BCUT2D eigenvalue weighted by molar-refractivity contribution is 0.0941. The highest BCUT2D eigenvalue weighted by molar-refractivity contribution is 6.06. The van der Waals surface area contributed by atoms with Gasteiger partial charge in [-0.15, -0.1) is 0 Å². The number of hydrogen-bond acceptors (Lipinski definition) is 6. The van der Waals surface area contributed by atoms with Gasteiger partial charge >= 0.3 is 0 Å². The molecular formula is C21H23N3O4. The minimum Gasteiger partial charge on any atom is -0.497 e. The van der Waals surface area contributed by atoms with Gasteiger partial charge in [0, 0.05) is 17.2 Å². The largest absolute Gasteiger partial charge is 0.497 e. The highest BCUT2D eigenvalue weighted by atomic mass is 16.5. The van der Waals surface area contributed by atoms with Gasteiger partial charge in [0.2, 0.25) is 0 Å². The number of fused-ring (bicyclic) bond motifs is 1. The van der Waals surface area contributed by atoms with Crippen molar-refractivity contribution in [2.75, 3.05) is 14.2 Å². The zero-order chi connectivity index (χ0) is 19.8. The molecule has 7 nitrogen and oxygen atoms in total. The second-order valence-electron chi connectivity index (χ2n) is 7.12. The Morgan fingerprint density at radius 1 is 1.25 bits per heavy atom. The lowest BCUT2D eigenvalue weighted by atomic mass is 10.0. The minimum atomic E-state index is -0.287. The van der Waals surface area contributed by atoms with E-state index in [1.807, 2.05) is 38.1 Å². The SMILES string of the molecule is COc1ccc(OC)c(C(C)NC(=O)c2cc(C3CC3)nc3onc(C)c23)c1. The zero-order valence-electron chi connectivity index (χ0n) is 16.4. The van der Waals surface area contributed by atoms with Crippen LogP contribution >= 0.6 is 0 Å². The average molecular weight is 381 g/mol. The number of benzene rings is 1. The molecule has 0 radical (unpaired) electrons. The van der Waals surface area contributed by atoms with Gasteiger partial charge in [-0.1, -0.05) is 5.16 Å². The molecular weight excluding hydrogens is 358 g/mol. The molecule has 1 atom stereocenters.